The number of carboxylic acids is 1. The van der Waals surface area contributed by atoms with Crippen LogP contribution in [0.25, 0.3) is 0 Å². The summed E-state index contributed by atoms with van der Waals surface area (Å²) >= 11 is 0. The zero-order chi connectivity index (χ0) is 16.6. The molecule has 0 rings (SSSR count). The summed E-state index contributed by atoms with van der Waals surface area (Å²) in [7, 11) is 0. The molecule has 0 aromatic rings. The van der Waals surface area contributed by atoms with E-state index in [0.717, 1.165) is 19.3 Å². The van der Waals surface area contributed by atoms with Gasteiger partial charge >= 0.3 is 5.97 Å². The first-order chi connectivity index (χ1) is 10.6. The fourth-order valence-electron chi connectivity index (χ4n) is 2.32. The zero-order valence-corrected chi connectivity index (χ0v) is 13.7. The summed E-state index contributed by atoms with van der Waals surface area (Å²) in [6.07, 6.45) is 12.7. The molecule has 0 aromatic carbocycles. The number of aliphatic carboxylic acids is 1. The Morgan fingerprint density at radius 2 is 1.55 bits per heavy atom. The van der Waals surface area contributed by atoms with Crippen molar-refractivity contribution in [3.05, 3.63) is 0 Å². The maximum Gasteiger partial charge on any atom is 0.326 e. The van der Waals surface area contributed by atoms with E-state index < -0.39 is 12.0 Å². The normalized spacial score (nSPS) is 11.9. The van der Waals surface area contributed by atoms with Gasteiger partial charge in [-0.3, -0.25) is 9.59 Å². The second-order valence-corrected chi connectivity index (χ2v) is 5.72. The van der Waals surface area contributed by atoms with E-state index in [-0.39, 0.29) is 18.7 Å². The second kappa shape index (κ2) is 14.5. The average Bonchev–Trinajstić information content (AvgIpc) is 2.49. The minimum atomic E-state index is -1.10. The summed E-state index contributed by atoms with van der Waals surface area (Å²) in [5, 5.41) is 11.4. The number of unbranched alkanes of at least 4 members (excludes halogenated alkanes) is 8. The molecule has 0 fully saturated rings. The van der Waals surface area contributed by atoms with Gasteiger partial charge in [-0.05, 0) is 12.8 Å². The third-order valence-corrected chi connectivity index (χ3v) is 3.68. The monoisotopic (exact) mass is 312 g/mol. The van der Waals surface area contributed by atoms with Crippen LogP contribution in [0.3, 0.4) is 0 Å². The second-order valence-electron chi connectivity index (χ2n) is 5.72. The molecule has 0 aliphatic rings. The van der Waals surface area contributed by atoms with Crippen LogP contribution in [0.4, 0.5) is 0 Å². The van der Waals surface area contributed by atoms with Crippen molar-refractivity contribution in [1.82, 2.24) is 5.32 Å². The van der Waals surface area contributed by atoms with Crippen LogP contribution in [0, 0.1) is 0 Å². The lowest BCUT2D eigenvalue weighted by Gasteiger charge is -2.12. The van der Waals surface area contributed by atoms with Crippen molar-refractivity contribution >= 4 is 18.2 Å². The van der Waals surface area contributed by atoms with Gasteiger partial charge in [-0.2, -0.15) is 0 Å². The number of carboxylic acid groups (broad SMARTS) is 1. The SMILES string of the molecule is CCCCCCCCCCCC(=O)N[C@@H](CC[C]=O)C(=O)O. The van der Waals surface area contributed by atoms with Gasteiger partial charge in [0.25, 0.3) is 0 Å². The van der Waals surface area contributed by atoms with Gasteiger partial charge in [-0.15, -0.1) is 0 Å². The fraction of sp³-hybridized carbons (Fsp3) is 0.824. The predicted molar refractivity (Wildman–Crippen MR) is 86.3 cm³/mol. The molecule has 0 saturated carbocycles. The number of rotatable bonds is 15. The lowest BCUT2D eigenvalue weighted by Crippen LogP contribution is -2.40. The van der Waals surface area contributed by atoms with E-state index in [9.17, 15) is 14.4 Å². The minimum Gasteiger partial charge on any atom is -0.480 e. The van der Waals surface area contributed by atoms with E-state index >= 15 is 0 Å². The van der Waals surface area contributed by atoms with E-state index in [4.69, 9.17) is 5.11 Å². The Morgan fingerprint density at radius 3 is 2.05 bits per heavy atom. The summed E-state index contributed by atoms with van der Waals surface area (Å²) < 4.78 is 0. The number of hydrogen-bond donors (Lipinski definition) is 2. The van der Waals surface area contributed by atoms with Crippen molar-refractivity contribution in [3.63, 3.8) is 0 Å². The van der Waals surface area contributed by atoms with Crippen molar-refractivity contribution < 1.29 is 19.5 Å². The Hall–Kier alpha value is -1.39. The molecule has 0 aliphatic carbocycles. The maximum atomic E-state index is 11.7. The van der Waals surface area contributed by atoms with Gasteiger partial charge in [0.05, 0.1) is 0 Å². The molecule has 5 heteroatoms. The van der Waals surface area contributed by atoms with Crippen molar-refractivity contribution in [2.75, 3.05) is 0 Å². The zero-order valence-electron chi connectivity index (χ0n) is 13.7. The van der Waals surface area contributed by atoms with E-state index in [1.165, 1.54) is 38.5 Å². The lowest BCUT2D eigenvalue weighted by molar-refractivity contribution is -0.142. The third-order valence-electron chi connectivity index (χ3n) is 3.68. The van der Waals surface area contributed by atoms with E-state index in [1.54, 1.807) is 6.29 Å². The Balaban J connectivity index is 3.59. The molecule has 1 amide bonds. The number of hydrogen-bond acceptors (Lipinski definition) is 3. The number of nitrogens with one attached hydrogen (secondary N) is 1. The minimum absolute atomic E-state index is 0.0231. The molecule has 0 saturated heterocycles. The standard InChI is InChI=1S/C17H30NO4/c1-2-3-4-5-6-7-8-9-10-13-16(20)18-15(17(21)22)12-11-14-19/h15H,2-13H2,1H3,(H,18,20)(H,21,22)/t15-/m0/s1. The Morgan fingerprint density at radius 1 is 1.00 bits per heavy atom. The Labute approximate surface area is 133 Å². The van der Waals surface area contributed by atoms with Crippen LogP contribution in [-0.4, -0.2) is 29.3 Å². The van der Waals surface area contributed by atoms with Crippen LogP contribution in [-0.2, 0) is 14.4 Å². The molecule has 0 spiro atoms. The van der Waals surface area contributed by atoms with Crippen LogP contribution in [0.1, 0.15) is 84.0 Å². The van der Waals surface area contributed by atoms with Gasteiger partial charge in [0.2, 0.25) is 5.91 Å². The Bertz CT molecular complexity index is 318. The number of carbonyl (C=O) groups excluding carboxylic acids is 2. The topological polar surface area (TPSA) is 83.5 Å². The van der Waals surface area contributed by atoms with Crippen LogP contribution < -0.4 is 5.32 Å². The summed E-state index contributed by atoms with van der Waals surface area (Å²) in [5.41, 5.74) is 0. The largest absolute Gasteiger partial charge is 0.480 e. The third kappa shape index (κ3) is 12.4. The van der Waals surface area contributed by atoms with Gasteiger partial charge in [0.15, 0.2) is 6.29 Å². The van der Waals surface area contributed by atoms with Crippen molar-refractivity contribution in [1.29, 1.82) is 0 Å². The molecular formula is C17H30NO4. The molecule has 5 nitrogen and oxygen atoms in total. The van der Waals surface area contributed by atoms with Crippen molar-refractivity contribution in [2.24, 2.45) is 0 Å². The number of amides is 1. The molecule has 0 aromatic heterocycles. The first-order valence-electron chi connectivity index (χ1n) is 8.49. The van der Waals surface area contributed by atoms with E-state index in [2.05, 4.69) is 12.2 Å². The first-order valence-corrected chi connectivity index (χ1v) is 8.49. The van der Waals surface area contributed by atoms with Crippen LogP contribution >= 0.6 is 0 Å². The van der Waals surface area contributed by atoms with Crippen LogP contribution in [0.2, 0.25) is 0 Å². The van der Waals surface area contributed by atoms with Gasteiger partial charge in [-0.25, -0.2) is 4.79 Å². The first kappa shape index (κ1) is 20.6. The maximum absolute atomic E-state index is 11.7. The highest BCUT2D eigenvalue weighted by Gasteiger charge is 2.18. The molecular weight excluding hydrogens is 282 g/mol. The smallest absolute Gasteiger partial charge is 0.326 e. The van der Waals surface area contributed by atoms with Crippen molar-refractivity contribution in [3.8, 4) is 0 Å². The molecule has 1 atom stereocenters. The van der Waals surface area contributed by atoms with E-state index in [1.807, 2.05) is 0 Å². The molecule has 22 heavy (non-hydrogen) atoms. The van der Waals surface area contributed by atoms with Gasteiger partial charge in [0.1, 0.15) is 6.04 Å². The van der Waals surface area contributed by atoms with Crippen LogP contribution in [0.5, 0.6) is 0 Å². The van der Waals surface area contributed by atoms with Gasteiger partial charge in [0, 0.05) is 12.8 Å². The molecule has 0 unspecified atom stereocenters. The average molecular weight is 312 g/mol. The predicted octanol–water partition coefficient (Wildman–Crippen LogP) is 3.37. The highest BCUT2D eigenvalue weighted by molar-refractivity contribution is 5.83. The Kier molecular flexibility index (Phi) is 13.6. The summed E-state index contributed by atoms with van der Waals surface area (Å²) in [4.78, 5) is 32.7. The molecule has 0 aliphatic heterocycles. The summed E-state index contributed by atoms with van der Waals surface area (Å²) in [6.45, 7) is 2.21. The molecule has 127 valence electrons. The number of carbonyl (C=O) groups is 2. The molecule has 2 N–H and O–H groups in total. The molecule has 0 heterocycles. The van der Waals surface area contributed by atoms with Gasteiger partial charge in [-0.1, -0.05) is 58.3 Å². The summed E-state index contributed by atoms with van der Waals surface area (Å²) in [6, 6.07) is -0.979. The molecule has 1 radical (unpaired) electrons. The highest BCUT2D eigenvalue weighted by atomic mass is 16.4. The highest BCUT2D eigenvalue weighted by Crippen LogP contribution is 2.10. The van der Waals surface area contributed by atoms with Crippen molar-refractivity contribution in [2.45, 2.75) is 90.0 Å². The van der Waals surface area contributed by atoms with Gasteiger partial charge < -0.3 is 10.4 Å². The summed E-state index contributed by atoms with van der Waals surface area (Å²) in [5.74, 6) is -1.35. The lowest BCUT2D eigenvalue weighted by atomic mass is 10.1. The fourth-order valence-corrected chi connectivity index (χ4v) is 2.32. The quantitative estimate of drug-likeness (QED) is 0.454. The van der Waals surface area contributed by atoms with Crippen LogP contribution in [0.15, 0.2) is 0 Å². The van der Waals surface area contributed by atoms with E-state index in [0.29, 0.717) is 6.42 Å². The molecule has 0 bridgehead atoms.